The van der Waals surface area contributed by atoms with Crippen LogP contribution >= 0.6 is 11.3 Å². The summed E-state index contributed by atoms with van der Waals surface area (Å²) in [5, 5.41) is 7.51. The SMILES string of the molecule is CCNC(=NCc1ccccc1CC)NCc1nc(C(F)(F)F)cs1. The van der Waals surface area contributed by atoms with Crippen molar-refractivity contribution in [1.82, 2.24) is 15.6 Å². The number of hydrogen-bond donors (Lipinski definition) is 2. The van der Waals surface area contributed by atoms with E-state index in [0.29, 0.717) is 24.1 Å². The van der Waals surface area contributed by atoms with Crippen LogP contribution in [-0.4, -0.2) is 17.5 Å². The number of aryl methyl sites for hydroxylation is 1. The molecule has 0 radical (unpaired) electrons. The zero-order valence-electron chi connectivity index (χ0n) is 14.2. The van der Waals surface area contributed by atoms with Gasteiger partial charge in [-0.3, -0.25) is 0 Å². The predicted molar refractivity (Wildman–Crippen MR) is 94.6 cm³/mol. The maximum absolute atomic E-state index is 12.6. The summed E-state index contributed by atoms with van der Waals surface area (Å²) < 4.78 is 37.8. The zero-order valence-corrected chi connectivity index (χ0v) is 15.0. The highest BCUT2D eigenvalue weighted by atomic mass is 32.1. The van der Waals surface area contributed by atoms with E-state index < -0.39 is 11.9 Å². The first-order chi connectivity index (χ1) is 11.9. The number of thiazole rings is 1. The van der Waals surface area contributed by atoms with E-state index in [-0.39, 0.29) is 6.54 Å². The van der Waals surface area contributed by atoms with Crippen LogP contribution in [0.15, 0.2) is 34.6 Å². The molecule has 1 aromatic heterocycles. The first kappa shape index (κ1) is 19.2. The fraction of sp³-hybridized carbons (Fsp3) is 0.412. The summed E-state index contributed by atoms with van der Waals surface area (Å²) in [6.07, 6.45) is -3.48. The predicted octanol–water partition coefficient (Wildman–Crippen LogP) is 3.98. The lowest BCUT2D eigenvalue weighted by molar-refractivity contribution is -0.140. The van der Waals surface area contributed by atoms with Gasteiger partial charge >= 0.3 is 6.18 Å². The second-order valence-electron chi connectivity index (χ2n) is 5.30. The fourth-order valence-corrected chi connectivity index (χ4v) is 2.98. The molecule has 25 heavy (non-hydrogen) atoms. The molecule has 1 aromatic carbocycles. The molecule has 136 valence electrons. The van der Waals surface area contributed by atoms with E-state index in [9.17, 15) is 13.2 Å². The van der Waals surface area contributed by atoms with Crippen LogP contribution in [0.25, 0.3) is 0 Å². The summed E-state index contributed by atoms with van der Waals surface area (Å²) in [6, 6.07) is 8.07. The highest BCUT2D eigenvalue weighted by Gasteiger charge is 2.33. The van der Waals surface area contributed by atoms with Gasteiger partial charge in [0.25, 0.3) is 0 Å². The van der Waals surface area contributed by atoms with Crippen LogP contribution in [0.2, 0.25) is 0 Å². The Bertz CT molecular complexity index is 710. The quantitative estimate of drug-likeness (QED) is 0.597. The molecule has 0 unspecified atom stereocenters. The molecule has 0 bridgehead atoms. The number of nitrogens with one attached hydrogen (secondary N) is 2. The monoisotopic (exact) mass is 370 g/mol. The molecule has 2 rings (SSSR count). The van der Waals surface area contributed by atoms with Gasteiger partial charge in [-0.15, -0.1) is 11.3 Å². The molecule has 8 heteroatoms. The second kappa shape index (κ2) is 8.84. The Kier molecular flexibility index (Phi) is 6.81. The average molecular weight is 370 g/mol. The van der Waals surface area contributed by atoms with Crippen molar-refractivity contribution in [3.05, 3.63) is 51.5 Å². The number of alkyl halides is 3. The maximum atomic E-state index is 12.6. The second-order valence-corrected chi connectivity index (χ2v) is 6.24. The smallest absolute Gasteiger partial charge is 0.357 e. The Labute approximate surface area is 149 Å². The van der Waals surface area contributed by atoms with Crippen LogP contribution in [0.3, 0.4) is 0 Å². The molecule has 0 fully saturated rings. The van der Waals surface area contributed by atoms with E-state index in [1.165, 1.54) is 5.56 Å². The Hall–Kier alpha value is -2.09. The van der Waals surface area contributed by atoms with Crippen molar-refractivity contribution in [1.29, 1.82) is 0 Å². The molecule has 0 aliphatic heterocycles. The number of aromatic nitrogens is 1. The normalized spacial score (nSPS) is 12.3. The van der Waals surface area contributed by atoms with E-state index in [2.05, 4.69) is 33.6 Å². The summed E-state index contributed by atoms with van der Waals surface area (Å²) in [7, 11) is 0. The number of benzene rings is 1. The van der Waals surface area contributed by atoms with Gasteiger partial charge in [-0.2, -0.15) is 13.2 Å². The molecular formula is C17H21F3N4S. The van der Waals surface area contributed by atoms with Gasteiger partial charge in [-0.05, 0) is 24.5 Å². The molecule has 0 saturated heterocycles. The van der Waals surface area contributed by atoms with Crippen molar-refractivity contribution in [3.63, 3.8) is 0 Å². The number of aliphatic imine (C=N–C) groups is 1. The van der Waals surface area contributed by atoms with E-state index in [0.717, 1.165) is 28.7 Å². The lowest BCUT2D eigenvalue weighted by atomic mass is 10.1. The summed E-state index contributed by atoms with van der Waals surface area (Å²) in [5.41, 5.74) is 1.51. The van der Waals surface area contributed by atoms with Gasteiger partial charge in [0.1, 0.15) is 5.01 Å². The number of hydrogen-bond acceptors (Lipinski definition) is 3. The molecular weight excluding hydrogens is 349 g/mol. The van der Waals surface area contributed by atoms with Gasteiger partial charge in [0.15, 0.2) is 11.7 Å². The molecule has 2 aromatic rings. The van der Waals surface area contributed by atoms with Gasteiger partial charge < -0.3 is 10.6 Å². The summed E-state index contributed by atoms with van der Waals surface area (Å²) in [5.74, 6) is 0.553. The van der Waals surface area contributed by atoms with Crippen molar-refractivity contribution in [2.45, 2.75) is 39.5 Å². The van der Waals surface area contributed by atoms with Gasteiger partial charge in [0.05, 0.1) is 13.1 Å². The largest absolute Gasteiger partial charge is 0.434 e. The van der Waals surface area contributed by atoms with Crippen molar-refractivity contribution in [2.24, 2.45) is 4.99 Å². The topological polar surface area (TPSA) is 49.3 Å². The summed E-state index contributed by atoms with van der Waals surface area (Å²) >= 11 is 0.981. The number of halogens is 3. The first-order valence-corrected chi connectivity index (χ1v) is 8.92. The number of rotatable bonds is 6. The molecule has 0 saturated carbocycles. The molecule has 4 nitrogen and oxygen atoms in total. The minimum Gasteiger partial charge on any atom is -0.357 e. The van der Waals surface area contributed by atoms with Gasteiger partial charge in [-0.1, -0.05) is 31.2 Å². The van der Waals surface area contributed by atoms with E-state index in [4.69, 9.17) is 0 Å². The molecule has 0 spiro atoms. The molecule has 0 aliphatic rings. The van der Waals surface area contributed by atoms with Crippen LogP contribution in [0.1, 0.15) is 35.7 Å². The summed E-state index contributed by atoms with van der Waals surface area (Å²) in [6.45, 7) is 5.38. The molecule has 0 aliphatic carbocycles. The fourth-order valence-electron chi connectivity index (χ4n) is 2.24. The Morgan fingerprint density at radius 1 is 1.16 bits per heavy atom. The van der Waals surface area contributed by atoms with Crippen LogP contribution in [0.4, 0.5) is 13.2 Å². The highest BCUT2D eigenvalue weighted by molar-refractivity contribution is 7.09. The lowest BCUT2D eigenvalue weighted by Crippen LogP contribution is -2.36. The third-order valence-corrected chi connectivity index (χ3v) is 4.35. The highest BCUT2D eigenvalue weighted by Crippen LogP contribution is 2.29. The maximum Gasteiger partial charge on any atom is 0.434 e. The van der Waals surface area contributed by atoms with Gasteiger partial charge in [0, 0.05) is 11.9 Å². The molecule has 0 atom stereocenters. The standard InChI is InChI=1S/C17H21F3N4S/c1-3-12-7-5-6-8-13(12)9-22-16(21-4-2)23-10-15-24-14(11-25-15)17(18,19)20/h5-8,11H,3-4,9-10H2,1-2H3,(H2,21,22,23). The zero-order chi connectivity index (χ0) is 18.3. The van der Waals surface area contributed by atoms with Gasteiger partial charge in [-0.25, -0.2) is 9.98 Å². The van der Waals surface area contributed by atoms with Crippen molar-refractivity contribution < 1.29 is 13.2 Å². The molecule has 1 heterocycles. The minimum absolute atomic E-state index is 0.196. The Morgan fingerprint density at radius 3 is 2.48 bits per heavy atom. The van der Waals surface area contributed by atoms with Crippen LogP contribution < -0.4 is 10.6 Å². The van der Waals surface area contributed by atoms with E-state index >= 15 is 0 Å². The Morgan fingerprint density at radius 2 is 1.88 bits per heavy atom. The van der Waals surface area contributed by atoms with Crippen molar-refractivity contribution >= 4 is 17.3 Å². The minimum atomic E-state index is -4.41. The number of nitrogens with zero attached hydrogens (tertiary/aromatic N) is 2. The van der Waals surface area contributed by atoms with Crippen molar-refractivity contribution in [2.75, 3.05) is 6.54 Å². The van der Waals surface area contributed by atoms with Gasteiger partial charge in [0.2, 0.25) is 0 Å². The van der Waals surface area contributed by atoms with Crippen LogP contribution in [0, 0.1) is 0 Å². The first-order valence-electron chi connectivity index (χ1n) is 8.04. The third kappa shape index (κ3) is 5.74. The van der Waals surface area contributed by atoms with E-state index in [1.807, 2.05) is 25.1 Å². The summed E-state index contributed by atoms with van der Waals surface area (Å²) in [4.78, 5) is 8.12. The van der Waals surface area contributed by atoms with Crippen LogP contribution in [0.5, 0.6) is 0 Å². The van der Waals surface area contributed by atoms with Crippen molar-refractivity contribution in [3.8, 4) is 0 Å². The number of guanidine groups is 1. The van der Waals surface area contributed by atoms with Crippen LogP contribution in [-0.2, 0) is 25.7 Å². The van der Waals surface area contributed by atoms with E-state index in [1.54, 1.807) is 0 Å². The Balaban J connectivity index is 2.01. The third-order valence-electron chi connectivity index (χ3n) is 3.50. The molecule has 0 amide bonds. The molecule has 2 N–H and O–H groups in total. The lowest BCUT2D eigenvalue weighted by Gasteiger charge is -2.11. The average Bonchev–Trinajstić information content (AvgIpc) is 3.07.